The molecule has 0 saturated carbocycles. The molecule has 7 heteroatoms. The first-order chi connectivity index (χ1) is 11.6. The van der Waals surface area contributed by atoms with Crippen LogP contribution in [0.5, 0.6) is 0 Å². The van der Waals surface area contributed by atoms with E-state index in [1.54, 1.807) is 12.3 Å². The van der Waals surface area contributed by atoms with Crippen molar-refractivity contribution < 1.29 is 17.2 Å². The molecular formula is C17H21FN2O3S. The van der Waals surface area contributed by atoms with E-state index in [4.69, 9.17) is 4.42 Å². The number of nitrogens with one attached hydrogen (secondary N) is 1. The number of benzene rings is 1. The van der Waals surface area contributed by atoms with Gasteiger partial charge in [-0.15, -0.1) is 0 Å². The molecule has 0 amide bonds. The fourth-order valence-corrected chi connectivity index (χ4v) is 4.16. The maximum atomic E-state index is 13.8. The molecule has 1 fully saturated rings. The zero-order chi connectivity index (χ0) is 17.0. The Morgan fingerprint density at radius 1 is 1.12 bits per heavy atom. The van der Waals surface area contributed by atoms with Crippen LogP contribution in [0.3, 0.4) is 0 Å². The highest BCUT2D eigenvalue weighted by Gasteiger charge is 2.27. The van der Waals surface area contributed by atoms with E-state index >= 15 is 0 Å². The molecule has 0 bridgehead atoms. The number of hydrogen-bond donors (Lipinski definition) is 1. The van der Waals surface area contributed by atoms with Crippen LogP contribution in [0.4, 0.5) is 4.39 Å². The smallest absolute Gasteiger partial charge is 0.243 e. The Hall–Kier alpha value is -1.70. The van der Waals surface area contributed by atoms with Gasteiger partial charge in [-0.3, -0.25) is 4.90 Å². The minimum absolute atomic E-state index is 0.143. The normalized spacial score (nSPS) is 17.7. The number of nitrogens with zero attached hydrogens (tertiary/aromatic N) is 1. The zero-order valence-corrected chi connectivity index (χ0v) is 14.1. The average Bonchev–Trinajstić information content (AvgIpc) is 3.10. The summed E-state index contributed by atoms with van der Waals surface area (Å²) in [5.41, 5.74) is 0. The summed E-state index contributed by atoms with van der Waals surface area (Å²) >= 11 is 0. The standard InChI is InChI=1S/C17H21FN2O3S/c18-14-7-2-3-9-17(14)24(21,22)19-13-15(16-8-6-12-23-16)20-10-4-1-5-11-20/h2-3,6-9,12,15,19H,1,4-5,10-11,13H2/t15-/m0/s1. The van der Waals surface area contributed by atoms with Gasteiger partial charge in [-0.1, -0.05) is 18.6 Å². The monoisotopic (exact) mass is 352 g/mol. The second-order valence-electron chi connectivity index (χ2n) is 5.91. The van der Waals surface area contributed by atoms with Gasteiger partial charge in [-0.05, 0) is 50.2 Å². The number of likely N-dealkylation sites (tertiary alicyclic amines) is 1. The van der Waals surface area contributed by atoms with Gasteiger partial charge in [-0.25, -0.2) is 17.5 Å². The van der Waals surface area contributed by atoms with Crippen LogP contribution in [0.1, 0.15) is 31.1 Å². The third kappa shape index (κ3) is 3.85. The third-order valence-corrected chi connectivity index (χ3v) is 5.75. The van der Waals surface area contributed by atoms with E-state index in [-0.39, 0.29) is 17.5 Å². The predicted octanol–water partition coefficient (Wildman–Crippen LogP) is 2.92. The van der Waals surface area contributed by atoms with Crippen LogP contribution in [0.2, 0.25) is 0 Å². The number of halogens is 1. The molecule has 1 N–H and O–H groups in total. The molecule has 3 rings (SSSR count). The Morgan fingerprint density at radius 2 is 1.88 bits per heavy atom. The highest BCUT2D eigenvalue weighted by molar-refractivity contribution is 7.89. The van der Waals surface area contributed by atoms with E-state index in [2.05, 4.69) is 9.62 Å². The summed E-state index contributed by atoms with van der Waals surface area (Å²) in [6, 6.07) is 8.82. The molecule has 2 aromatic rings. The fourth-order valence-electron chi connectivity index (χ4n) is 3.05. The van der Waals surface area contributed by atoms with Crippen LogP contribution in [0.25, 0.3) is 0 Å². The quantitative estimate of drug-likeness (QED) is 0.868. The van der Waals surface area contributed by atoms with Crippen molar-refractivity contribution in [1.82, 2.24) is 9.62 Å². The lowest BCUT2D eigenvalue weighted by Gasteiger charge is -2.33. The van der Waals surface area contributed by atoms with E-state index in [0.29, 0.717) is 5.76 Å². The molecule has 1 atom stereocenters. The van der Waals surface area contributed by atoms with Crippen LogP contribution < -0.4 is 4.72 Å². The van der Waals surface area contributed by atoms with Gasteiger partial charge in [0.1, 0.15) is 16.5 Å². The van der Waals surface area contributed by atoms with E-state index in [1.807, 2.05) is 6.07 Å². The van der Waals surface area contributed by atoms with Crippen LogP contribution in [-0.2, 0) is 10.0 Å². The highest BCUT2D eigenvalue weighted by atomic mass is 32.2. The molecule has 1 aromatic carbocycles. The molecule has 0 radical (unpaired) electrons. The lowest BCUT2D eigenvalue weighted by Crippen LogP contribution is -2.40. The Kier molecular flexibility index (Phi) is 5.33. The van der Waals surface area contributed by atoms with Crippen molar-refractivity contribution in [3.05, 3.63) is 54.2 Å². The van der Waals surface area contributed by atoms with Gasteiger partial charge in [0.15, 0.2) is 0 Å². The van der Waals surface area contributed by atoms with Crippen molar-refractivity contribution >= 4 is 10.0 Å². The maximum Gasteiger partial charge on any atom is 0.243 e. The molecule has 130 valence electrons. The third-order valence-electron chi connectivity index (χ3n) is 4.30. The van der Waals surface area contributed by atoms with Crippen LogP contribution in [0, 0.1) is 5.82 Å². The number of furan rings is 1. The zero-order valence-electron chi connectivity index (χ0n) is 13.3. The summed E-state index contributed by atoms with van der Waals surface area (Å²) in [6.07, 6.45) is 4.93. The number of sulfonamides is 1. The molecule has 0 spiro atoms. The maximum absolute atomic E-state index is 13.8. The topological polar surface area (TPSA) is 62.6 Å². The van der Waals surface area contributed by atoms with Crippen molar-refractivity contribution in [1.29, 1.82) is 0 Å². The van der Waals surface area contributed by atoms with Crippen LogP contribution in [0.15, 0.2) is 52.0 Å². The Balaban J connectivity index is 1.77. The van der Waals surface area contributed by atoms with Crippen molar-refractivity contribution in [2.45, 2.75) is 30.2 Å². The number of hydrogen-bond acceptors (Lipinski definition) is 4. The van der Waals surface area contributed by atoms with E-state index < -0.39 is 15.8 Å². The van der Waals surface area contributed by atoms with Crippen LogP contribution >= 0.6 is 0 Å². The minimum Gasteiger partial charge on any atom is -0.468 e. The SMILES string of the molecule is O=S(=O)(NC[C@@H](c1ccco1)N1CCCCC1)c1ccccc1F. The Morgan fingerprint density at radius 3 is 2.54 bits per heavy atom. The molecule has 1 aromatic heterocycles. The van der Waals surface area contributed by atoms with Gasteiger partial charge in [0.05, 0.1) is 12.3 Å². The van der Waals surface area contributed by atoms with Gasteiger partial charge in [0.2, 0.25) is 10.0 Å². The summed E-state index contributed by atoms with van der Waals surface area (Å²) in [7, 11) is -3.91. The predicted molar refractivity (Wildman–Crippen MR) is 88.5 cm³/mol. The first-order valence-corrected chi connectivity index (χ1v) is 9.58. The second-order valence-corrected chi connectivity index (χ2v) is 7.65. The second kappa shape index (κ2) is 7.46. The molecule has 1 aliphatic heterocycles. The molecule has 24 heavy (non-hydrogen) atoms. The van der Waals surface area contributed by atoms with E-state index in [9.17, 15) is 12.8 Å². The van der Waals surface area contributed by atoms with Gasteiger partial charge in [0.25, 0.3) is 0 Å². The van der Waals surface area contributed by atoms with E-state index in [1.165, 1.54) is 24.6 Å². The Bertz CT molecular complexity index is 756. The molecule has 0 unspecified atom stereocenters. The molecular weight excluding hydrogens is 331 g/mol. The summed E-state index contributed by atoms with van der Waals surface area (Å²) in [4.78, 5) is 1.88. The Labute approximate surface area is 141 Å². The molecule has 1 aliphatic rings. The lowest BCUT2D eigenvalue weighted by molar-refractivity contribution is 0.147. The summed E-state index contributed by atoms with van der Waals surface area (Å²) in [5, 5.41) is 0. The average molecular weight is 352 g/mol. The van der Waals surface area contributed by atoms with Gasteiger partial charge in [0, 0.05) is 6.54 Å². The number of piperidine rings is 1. The van der Waals surface area contributed by atoms with Gasteiger partial charge < -0.3 is 4.42 Å². The molecule has 2 heterocycles. The summed E-state index contributed by atoms with van der Waals surface area (Å²) < 4.78 is 46.6. The first kappa shape index (κ1) is 17.1. The molecule has 0 aliphatic carbocycles. The lowest BCUT2D eigenvalue weighted by atomic mass is 10.1. The largest absolute Gasteiger partial charge is 0.468 e. The van der Waals surface area contributed by atoms with Gasteiger partial charge >= 0.3 is 0 Å². The van der Waals surface area contributed by atoms with Crippen molar-refractivity contribution in [2.24, 2.45) is 0 Å². The minimum atomic E-state index is -3.91. The van der Waals surface area contributed by atoms with Gasteiger partial charge in [-0.2, -0.15) is 0 Å². The fraction of sp³-hybridized carbons (Fsp3) is 0.412. The summed E-state index contributed by atoms with van der Waals surface area (Å²) in [6.45, 7) is 1.93. The highest BCUT2D eigenvalue weighted by Crippen LogP contribution is 2.25. The first-order valence-electron chi connectivity index (χ1n) is 8.09. The van der Waals surface area contributed by atoms with Crippen LogP contribution in [-0.4, -0.2) is 33.0 Å². The number of rotatable bonds is 6. The summed E-state index contributed by atoms with van der Waals surface area (Å²) in [5.74, 6) is -0.0364. The van der Waals surface area contributed by atoms with Crippen molar-refractivity contribution in [2.75, 3.05) is 19.6 Å². The van der Waals surface area contributed by atoms with Crippen molar-refractivity contribution in [3.63, 3.8) is 0 Å². The van der Waals surface area contributed by atoms with E-state index in [0.717, 1.165) is 32.0 Å². The van der Waals surface area contributed by atoms with Crippen molar-refractivity contribution in [3.8, 4) is 0 Å². The molecule has 5 nitrogen and oxygen atoms in total. The molecule has 1 saturated heterocycles.